The highest BCUT2D eigenvalue weighted by atomic mass is 35.5. The first-order valence-corrected chi connectivity index (χ1v) is 8.79. The number of carbonyl (C=O) groups excluding carboxylic acids is 2. The van der Waals surface area contributed by atoms with Gasteiger partial charge in [0.05, 0.1) is 0 Å². The number of carboxylic acid groups (broad SMARTS) is 1. The van der Waals surface area contributed by atoms with Gasteiger partial charge in [0.25, 0.3) is 11.5 Å². The summed E-state index contributed by atoms with van der Waals surface area (Å²) in [6.07, 6.45) is -5.08. The van der Waals surface area contributed by atoms with Crippen LogP contribution in [0.3, 0.4) is 0 Å². The van der Waals surface area contributed by atoms with Gasteiger partial charge in [-0.3, -0.25) is 14.5 Å². The number of alkyl halides is 5. The zero-order valence-electron chi connectivity index (χ0n) is 15.4. The highest BCUT2D eigenvalue weighted by molar-refractivity contribution is 6.31. The van der Waals surface area contributed by atoms with Gasteiger partial charge < -0.3 is 15.3 Å². The standard InChI is InChI=1S/C15H19ClFN3O2.C2HF3O2/c1-11(21)20-7-5-19(6-8-20)10-12-3-2-4-13(9-12)18-15(22)14(16)17;3-2(4,5)1(6)7/h2-4,9,14H,5-8,10H2,1H3,(H,18,22);(H,6,7). The van der Waals surface area contributed by atoms with Crippen molar-refractivity contribution in [2.45, 2.75) is 25.3 Å². The van der Waals surface area contributed by atoms with Gasteiger partial charge in [0.2, 0.25) is 5.91 Å². The summed E-state index contributed by atoms with van der Waals surface area (Å²) < 4.78 is 44.4. The third-order valence-electron chi connectivity index (χ3n) is 3.86. The van der Waals surface area contributed by atoms with Crippen LogP contribution >= 0.6 is 11.6 Å². The molecule has 0 bridgehead atoms. The van der Waals surface area contributed by atoms with Crippen LogP contribution in [0.1, 0.15) is 12.5 Å². The lowest BCUT2D eigenvalue weighted by molar-refractivity contribution is -0.192. The molecule has 7 nitrogen and oxygen atoms in total. The Hall–Kier alpha value is -2.40. The molecule has 1 aliphatic heterocycles. The van der Waals surface area contributed by atoms with Gasteiger partial charge in [0.1, 0.15) is 0 Å². The zero-order valence-corrected chi connectivity index (χ0v) is 16.1. The molecule has 1 heterocycles. The summed E-state index contributed by atoms with van der Waals surface area (Å²) in [5.74, 6) is -3.52. The van der Waals surface area contributed by atoms with E-state index in [2.05, 4.69) is 10.2 Å². The van der Waals surface area contributed by atoms with Crippen molar-refractivity contribution in [1.29, 1.82) is 0 Å². The molecule has 162 valence electrons. The largest absolute Gasteiger partial charge is 0.490 e. The van der Waals surface area contributed by atoms with Gasteiger partial charge in [0.15, 0.2) is 0 Å². The molecule has 0 aliphatic carbocycles. The third kappa shape index (κ3) is 9.09. The molecule has 0 aromatic heterocycles. The van der Waals surface area contributed by atoms with Crippen molar-refractivity contribution in [3.63, 3.8) is 0 Å². The number of carbonyl (C=O) groups is 3. The van der Waals surface area contributed by atoms with Gasteiger partial charge in [0, 0.05) is 45.3 Å². The first kappa shape index (κ1) is 24.6. The number of carboxylic acids is 1. The average molecular weight is 442 g/mol. The van der Waals surface area contributed by atoms with Crippen LogP contribution in [0, 0.1) is 0 Å². The summed E-state index contributed by atoms with van der Waals surface area (Å²) in [5.41, 5.74) is -0.518. The first-order valence-electron chi connectivity index (χ1n) is 8.36. The Morgan fingerprint density at radius 2 is 1.76 bits per heavy atom. The van der Waals surface area contributed by atoms with Crippen molar-refractivity contribution >= 4 is 35.1 Å². The van der Waals surface area contributed by atoms with E-state index in [4.69, 9.17) is 21.5 Å². The Balaban J connectivity index is 0.000000516. The predicted octanol–water partition coefficient (Wildman–Crippen LogP) is 2.46. The van der Waals surface area contributed by atoms with Crippen molar-refractivity contribution in [1.82, 2.24) is 9.80 Å². The van der Waals surface area contributed by atoms with Crippen molar-refractivity contribution in [3.8, 4) is 0 Å². The van der Waals surface area contributed by atoms with Crippen molar-refractivity contribution < 1.29 is 37.1 Å². The molecule has 0 spiro atoms. The minimum atomic E-state index is -5.08. The molecule has 0 radical (unpaired) electrons. The molecule has 1 aliphatic rings. The molecular weight excluding hydrogens is 422 g/mol. The Kier molecular flexibility index (Phi) is 9.31. The van der Waals surface area contributed by atoms with Crippen LogP contribution in [0.15, 0.2) is 24.3 Å². The maximum Gasteiger partial charge on any atom is 0.490 e. The van der Waals surface area contributed by atoms with E-state index >= 15 is 0 Å². The molecule has 1 unspecified atom stereocenters. The fourth-order valence-corrected chi connectivity index (χ4v) is 2.48. The number of benzene rings is 1. The number of hydrogen-bond donors (Lipinski definition) is 2. The Morgan fingerprint density at radius 3 is 2.21 bits per heavy atom. The predicted molar refractivity (Wildman–Crippen MR) is 97.0 cm³/mol. The molecule has 29 heavy (non-hydrogen) atoms. The molecule has 12 heteroatoms. The molecule has 0 saturated carbocycles. The number of anilines is 1. The number of rotatable bonds is 4. The molecular formula is C17H20ClF4N3O4. The summed E-state index contributed by atoms with van der Waals surface area (Å²) in [6.45, 7) is 5.37. The number of hydrogen-bond acceptors (Lipinski definition) is 4. The minimum absolute atomic E-state index is 0.103. The maximum absolute atomic E-state index is 12.7. The maximum atomic E-state index is 12.7. The van der Waals surface area contributed by atoms with Gasteiger partial charge in [-0.15, -0.1) is 0 Å². The molecule has 2 N–H and O–H groups in total. The van der Waals surface area contributed by atoms with Crippen LogP contribution in [0.5, 0.6) is 0 Å². The van der Waals surface area contributed by atoms with E-state index in [1.165, 1.54) is 0 Å². The van der Waals surface area contributed by atoms with Gasteiger partial charge in [-0.2, -0.15) is 13.2 Å². The van der Waals surface area contributed by atoms with Crippen molar-refractivity contribution in [2.24, 2.45) is 0 Å². The number of piperazine rings is 1. The quantitative estimate of drug-likeness (QED) is 0.553. The van der Waals surface area contributed by atoms with Gasteiger partial charge in [-0.1, -0.05) is 23.7 Å². The molecule has 1 aromatic rings. The van der Waals surface area contributed by atoms with Gasteiger partial charge in [-0.25, -0.2) is 9.18 Å². The van der Waals surface area contributed by atoms with Crippen LogP contribution in [-0.4, -0.2) is 70.7 Å². The number of amides is 2. The lowest BCUT2D eigenvalue weighted by Gasteiger charge is -2.34. The van der Waals surface area contributed by atoms with E-state index in [-0.39, 0.29) is 5.91 Å². The Bertz CT molecular complexity index is 723. The second-order valence-corrected chi connectivity index (χ2v) is 6.46. The SMILES string of the molecule is CC(=O)N1CCN(Cc2cccc(NC(=O)C(F)Cl)c2)CC1.O=C(O)C(F)(F)F. The van der Waals surface area contributed by atoms with E-state index in [9.17, 15) is 27.2 Å². The summed E-state index contributed by atoms with van der Waals surface area (Å²) in [6, 6.07) is 7.24. The van der Waals surface area contributed by atoms with Crippen LogP contribution in [-0.2, 0) is 20.9 Å². The summed E-state index contributed by atoms with van der Waals surface area (Å²) >= 11 is 5.09. The fraction of sp³-hybridized carbons (Fsp3) is 0.471. The third-order valence-corrected chi connectivity index (χ3v) is 4.06. The van der Waals surface area contributed by atoms with E-state index in [1.54, 1.807) is 25.1 Å². The summed E-state index contributed by atoms with van der Waals surface area (Å²) in [7, 11) is 0. The average Bonchev–Trinajstić information content (AvgIpc) is 2.62. The molecule has 1 atom stereocenters. The number of nitrogens with zero attached hydrogens (tertiary/aromatic N) is 2. The Labute approximate surface area is 169 Å². The molecule has 1 aromatic carbocycles. The lowest BCUT2D eigenvalue weighted by Crippen LogP contribution is -2.47. The topological polar surface area (TPSA) is 90.0 Å². The second-order valence-electron chi connectivity index (χ2n) is 6.08. The summed E-state index contributed by atoms with van der Waals surface area (Å²) in [5, 5.41) is 9.55. The van der Waals surface area contributed by atoms with Crippen LogP contribution < -0.4 is 5.32 Å². The van der Waals surface area contributed by atoms with Crippen LogP contribution in [0.25, 0.3) is 0 Å². The van der Waals surface area contributed by atoms with Crippen LogP contribution in [0.4, 0.5) is 23.2 Å². The van der Waals surface area contributed by atoms with E-state index in [0.29, 0.717) is 5.69 Å². The second kappa shape index (κ2) is 11.0. The first-order chi connectivity index (χ1) is 13.4. The molecule has 2 rings (SSSR count). The molecule has 2 amide bonds. The van der Waals surface area contributed by atoms with E-state index in [1.807, 2.05) is 11.0 Å². The monoisotopic (exact) mass is 441 g/mol. The fourth-order valence-electron chi connectivity index (χ4n) is 2.42. The highest BCUT2D eigenvalue weighted by Gasteiger charge is 2.38. The Morgan fingerprint density at radius 1 is 1.21 bits per heavy atom. The lowest BCUT2D eigenvalue weighted by atomic mass is 10.1. The number of aliphatic carboxylic acids is 1. The summed E-state index contributed by atoms with van der Waals surface area (Å²) in [4.78, 5) is 35.5. The van der Waals surface area contributed by atoms with E-state index in [0.717, 1.165) is 38.3 Å². The zero-order chi connectivity index (χ0) is 22.2. The highest BCUT2D eigenvalue weighted by Crippen LogP contribution is 2.15. The smallest absolute Gasteiger partial charge is 0.475 e. The van der Waals surface area contributed by atoms with Crippen molar-refractivity contribution in [2.75, 3.05) is 31.5 Å². The normalized spacial score (nSPS) is 15.7. The van der Waals surface area contributed by atoms with Crippen LogP contribution in [0.2, 0.25) is 0 Å². The molecule has 1 fully saturated rings. The minimum Gasteiger partial charge on any atom is -0.475 e. The van der Waals surface area contributed by atoms with Crippen molar-refractivity contribution in [3.05, 3.63) is 29.8 Å². The van der Waals surface area contributed by atoms with E-state index < -0.39 is 23.7 Å². The van der Waals surface area contributed by atoms with Gasteiger partial charge >= 0.3 is 12.1 Å². The number of nitrogens with one attached hydrogen (secondary N) is 1. The molecule has 1 saturated heterocycles. The number of halogens is 5. The van der Waals surface area contributed by atoms with Gasteiger partial charge in [-0.05, 0) is 17.7 Å².